The molecule has 2 atom stereocenters. The maximum absolute atomic E-state index is 3.59. The molecule has 0 saturated carbocycles. The molecule has 2 saturated heterocycles. The zero-order chi connectivity index (χ0) is 16.2. The monoisotopic (exact) mass is 335 g/mol. The second-order valence-corrected chi connectivity index (χ2v) is 8.42. The highest BCUT2D eigenvalue weighted by Crippen LogP contribution is 2.33. The van der Waals surface area contributed by atoms with Crippen LogP contribution in [-0.4, -0.2) is 55.1 Å². The third-order valence-electron chi connectivity index (χ3n) is 5.78. The van der Waals surface area contributed by atoms with Gasteiger partial charge in [-0.05, 0) is 62.2 Å². The number of nitrogens with one attached hydrogen (secondary N) is 1. The Morgan fingerprint density at radius 1 is 1.30 bits per heavy atom. The number of piperazine rings is 1. The fourth-order valence-electron chi connectivity index (χ4n) is 4.12. The van der Waals surface area contributed by atoms with E-state index < -0.39 is 0 Å². The lowest BCUT2D eigenvalue weighted by atomic mass is 9.97. The molecule has 1 N–H and O–H groups in total. The van der Waals surface area contributed by atoms with E-state index in [1.54, 1.807) is 4.88 Å². The lowest BCUT2D eigenvalue weighted by molar-refractivity contribution is 0.0655. The van der Waals surface area contributed by atoms with Gasteiger partial charge in [-0.1, -0.05) is 13.8 Å². The topological polar surface area (TPSA) is 18.5 Å². The van der Waals surface area contributed by atoms with Crippen LogP contribution in [-0.2, 0) is 0 Å². The van der Waals surface area contributed by atoms with Crippen molar-refractivity contribution >= 4 is 11.3 Å². The summed E-state index contributed by atoms with van der Waals surface area (Å²) >= 11 is 1.96. The summed E-state index contributed by atoms with van der Waals surface area (Å²) in [5.74, 6) is 0.913. The van der Waals surface area contributed by atoms with Gasteiger partial charge >= 0.3 is 0 Å². The van der Waals surface area contributed by atoms with E-state index in [1.165, 1.54) is 51.0 Å². The van der Waals surface area contributed by atoms with Gasteiger partial charge in [0.2, 0.25) is 0 Å². The molecule has 0 spiro atoms. The van der Waals surface area contributed by atoms with E-state index in [2.05, 4.69) is 47.3 Å². The second-order valence-electron chi connectivity index (χ2n) is 7.47. The fourth-order valence-corrected chi connectivity index (χ4v) is 5.16. The first-order chi connectivity index (χ1) is 11.2. The van der Waals surface area contributed by atoms with Gasteiger partial charge in [-0.15, -0.1) is 11.3 Å². The maximum atomic E-state index is 3.59. The maximum Gasteiger partial charge on any atom is 0.0575 e. The van der Waals surface area contributed by atoms with Gasteiger partial charge < -0.3 is 10.2 Å². The molecule has 0 radical (unpaired) electrons. The zero-order valence-corrected chi connectivity index (χ0v) is 15.9. The summed E-state index contributed by atoms with van der Waals surface area (Å²) in [6.07, 6.45) is 3.98. The summed E-state index contributed by atoms with van der Waals surface area (Å²) < 4.78 is 0. The van der Waals surface area contributed by atoms with Crippen LogP contribution >= 0.6 is 11.3 Å². The summed E-state index contributed by atoms with van der Waals surface area (Å²) in [5, 5.41) is 5.86. The van der Waals surface area contributed by atoms with Crippen LogP contribution in [0.4, 0.5) is 0 Å². The highest BCUT2D eigenvalue weighted by Gasteiger charge is 2.32. The molecule has 130 valence electrons. The highest BCUT2D eigenvalue weighted by molar-refractivity contribution is 7.10. The smallest absolute Gasteiger partial charge is 0.0575 e. The van der Waals surface area contributed by atoms with Crippen LogP contribution in [0.3, 0.4) is 0 Å². The molecule has 2 unspecified atom stereocenters. The molecule has 1 aromatic heterocycles. The van der Waals surface area contributed by atoms with Gasteiger partial charge in [-0.3, -0.25) is 4.90 Å². The lowest BCUT2D eigenvalue weighted by Crippen LogP contribution is -2.54. The fraction of sp³-hybridized carbons (Fsp3) is 0.789. The molecule has 2 aliphatic rings. The molecule has 3 rings (SSSR count). The first-order valence-corrected chi connectivity index (χ1v) is 10.3. The Labute approximate surface area is 146 Å². The van der Waals surface area contributed by atoms with Gasteiger partial charge in [-0.25, -0.2) is 0 Å². The Balaban J connectivity index is 1.77. The molecule has 0 aromatic carbocycles. The van der Waals surface area contributed by atoms with Crippen LogP contribution in [0.5, 0.6) is 0 Å². The molecule has 3 heterocycles. The Morgan fingerprint density at radius 2 is 2.09 bits per heavy atom. The summed E-state index contributed by atoms with van der Waals surface area (Å²) in [4.78, 5) is 7.12. The normalized spacial score (nSPS) is 26.5. The van der Waals surface area contributed by atoms with Gasteiger partial charge in [0.1, 0.15) is 0 Å². The van der Waals surface area contributed by atoms with Gasteiger partial charge in [-0.2, -0.15) is 0 Å². The third-order valence-corrected chi connectivity index (χ3v) is 6.90. The number of hydrogen-bond acceptors (Lipinski definition) is 4. The summed E-state index contributed by atoms with van der Waals surface area (Å²) in [7, 11) is 0. The predicted octanol–water partition coefficient (Wildman–Crippen LogP) is 3.51. The molecule has 4 heteroatoms. The molecule has 1 aromatic rings. The minimum atomic E-state index is 0.579. The van der Waals surface area contributed by atoms with Crippen molar-refractivity contribution in [3.8, 4) is 0 Å². The van der Waals surface area contributed by atoms with E-state index in [-0.39, 0.29) is 0 Å². The molecular weight excluding hydrogens is 302 g/mol. The van der Waals surface area contributed by atoms with E-state index in [0.29, 0.717) is 12.1 Å². The van der Waals surface area contributed by atoms with Crippen molar-refractivity contribution in [2.45, 2.75) is 52.1 Å². The SMILES string of the molecule is CCC1CNCCN1C(CN1CCC(C)CC1)c1sccc1C. The average molecular weight is 336 g/mol. The highest BCUT2D eigenvalue weighted by atomic mass is 32.1. The van der Waals surface area contributed by atoms with Crippen molar-refractivity contribution in [1.82, 2.24) is 15.1 Å². The van der Waals surface area contributed by atoms with E-state index in [9.17, 15) is 0 Å². The predicted molar refractivity (Wildman–Crippen MR) is 100 cm³/mol. The Hall–Kier alpha value is -0.420. The van der Waals surface area contributed by atoms with E-state index >= 15 is 0 Å². The summed E-state index contributed by atoms with van der Waals surface area (Å²) in [6, 6.07) is 3.56. The standard InChI is InChI=1S/C19H33N3S/c1-4-17-13-20-8-11-22(17)18(19-16(3)7-12-23-19)14-21-9-5-15(2)6-10-21/h7,12,15,17-18,20H,4-6,8-11,13-14H2,1-3H3. The molecule has 0 bridgehead atoms. The van der Waals surface area contributed by atoms with Gasteiger partial charge in [0, 0.05) is 37.1 Å². The van der Waals surface area contributed by atoms with E-state index in [0.717, 1.165) is 19.0 Å². The quantitative estimate of drug-likeness (QED) is 0.888. The molecular formula is C19H33N3S. The van der Waals surface area contributed by atoms with Crippen molar-refractivity contribution in [2.24, 2.45) is 5.92 Å². The zero-order valence-electron chi connectivity index (χ0n) is 15.1. The van der Waals surface area contributed by atoms with Crippen LogP contribution in [0.1, 0.15) is 49.6 Å². The van der Waals surface area contributed by atoms with Crippen LogP contribution in [0.15, 0.2) is 11.4 Å². The minimum absolute atomic E-state index is 0.579. The largest absolute Gasteiger partial charge is 0.314 e. The van der Waals surface area contributed by atoms with Crippen molar-refractivity contribution < 1.29 is 0 Å². The van der Waals surface area contributed by atoms with Gasteiger partial charge in [0.15, 0.2) is 0 Å². The number of nitrogens with zero attached hydrogens (tertiary/aromatic N) is 2. The lowest BCUT2D eigenvalue weighted by Gasteiger charge is -2.44. The molecule has 0 aliphatic carbocycles. The summed E-state index contributed by atoms with van der Waals surface area (Å²) in [5.41, 5.74) is 1.48. The van der Waals surface area contributed by atoms with Crippen LogP contribution in [0.2, 0.25) is 0 Å². The van der Waals surface area contributed by atoms with E-state index in [4.69, 9.17) is 0 Å². The van der Waals surface area contributed by atoms with Gasteiger partial charge in [0.25, 0.3) is 0 Å². The minimum Gasteiger partial charge on any atom is -0.314 e. The first-order valence-electron chi connectivity index (χ1n) is 9.41. The Bertz CT molecular complexity index is 479. The molecule has 3 nitrogen and oxygen atoms in total. The Morgan fingerprint density at radius 3 is 2.74 bits per heavy atom. The number of aryl methyl sites for hydroxylation is 1. The number of piperidine rings is 1. The van der Waals surface area contributed by atoms with Crippen LogP contribution < -0.4 is 5.32 Å². The Kier molecular flexibility index (Phi) is 6.13. The second kappa shape index (κ2) is 8.11. The number of hydrogen-bond donors (Lipinski definition) is 1. The average Bonchev–Trinajstić information content (AvgIpc) is 3.00. The number of thiophene rings is 1. The van der Waals surface area contributed by atoms with Crippen molar-refractivity contribution in [2.75, 3.05) is 39.3 Å². The van der Waals surface area contributed by atoms with Crippen LogP contribution in [0.25, 0.3) is 0 Å². The van der Waals surface area contributed by atoms with Crippen molar-refractivity contribution in [1.29, 1.82) is 0 Å². The van der Waals surface area contributed by atoms with Crippen molar-refractivity contribution in [3.63, 3.8) is 0 Å². The summed E-state index contributed by atoms with van der Waals surface area (Å²) in [6.45, 7) is 14.3. The molecule has 2 fully saturated rings. The molecule has 23 heavy (non-hydrogen) atoms. The first kappa shape index (κ1) is 17.4. The number of rotatable bonds is 5. The van der Waals surface area contributed by atoms with Crippen LogP contribution in [0, 0.1) is 12.8 Å². The van der Waals surface area contributed by atoms with Crippen molar-refractivity contribution in [3.05, 3.63) is 21.9 Å². The van der Waals surface area contributed by atoms with Gasteiger partial charge in [0.05, 0.1) is 6.04 Å². The molecule has 0 amide bonds. The van der Waals surface area contributed by atoms with E-state index in [1.807, 2.05) is 11.3 Å². The number of likely N-dealkylation sites (tertiary alicyclic amines) is 1. The third kappa shape index (κ3) is 4.16. The molecule has 2 aliphatic heterocycles.